The number of nitrogens with zero attached hydrogens (tertiary/aromatic N) is 2. The SMILES string of the molecule is CC1=CC(Cl)C(C(=O)Nc2ncc(CCc3ccc(F)cc3)cc2C)N(C2CC3(CC=C(CC(=O)C4CC4)C3)C2)C1. The maximum absolute atomic E-state index is 13.7. The standard InChI is InChI=1S/C34H39ClFN3O2/c1-21-13-29(35)31(39(20-21)28-17-34(18-28)12-11-24(16-34)15-30(40)26-7-8-26)33(41)38-32-22(2)14-25(19-37-32)4-3-23-5-9-27(36)10-6-23/h5-6,9-11,13-14,19,26,28-29,31H,3-4,7-8,12,15-18,20H2,1-2H3,(H,37,38,41). The average molecular weight is 576 g/mol. The number of aromatic nitrogens is 1. The predicted octanol–water partition coefficient (Wildman–Crippen LogP) is 6.73. The fraction of sp³-hybridized carbons (Fsp3) is 0.500. The number of benzene rings is 1. The summed E-state index contributed by atoms with van der Waals surface area (Å²) in [5.41, 5.74) is 5.80. The van der Waals surface area contributed by atoms with Gasteiger partial charge in [-0.3, -0.25) is 14.5 Å². The molecule has 4 aliphatic rings. The van der Waals surface area contributed by atoms with Crippen LogP contribution in [0.15, 0.2) is 59.8 Å². The van der Waals surface area contributed by atoms with Crippen LogP contribution >= 0.6 is 11.6 Å². The molecule has 2 saturated carbocycles. The minimum Gasteiger partial charge on any atom is -0.309 e. The van der Waals surface area contributed by atoms with E-state index in [4.69, 9.17) is 11.6 Å². The number of nitrogens with one attached hydrogen (secondary N) is 1. The van der Waals surface area contributed by atoms with Crippen LogP contribution in [-0.4, -0.2) is 45.6 Å². The van der Waals surface area contributed by atoms with Gasteiger partial charge in [-0.1, -0.05) is 41.5 Å². The van der Waals surface area contributed by atoms with Crippen LogP contribution in [0.4, 0.5) is 10.2 Å². The number of Topliss-reactive ketones (excluding diaryl/α,β-unsaturated/α-hetero) is 1. The summed E-state index contributed by atoms with van der Waals surface area (Å²) in [5, 5.41) is 2.66. The van der Waals surface area contributed by atoms with Crippen LogP contribution in [0.25, 0.3) is 0 Å². The van der Waals surface area contributed by atoms with Crippen LogP contribution in [-0.2, 0) is 22.4 Å². The quantitative estimate of drug-likeness (QED) is 0.266. The topological polar surface area (TPSA) is 62.3 Å². The largest absolute Gasteiger partial charge is 0.309 e. The molecule has 6 rings (SSSR count). The first kappa shape index (κ1) is 28.3. The highest BCUT2D eigenvalue weighted by molar-refractivity contribution is 6.24. The summed E-state index contributed by atoms with van der Waals surface area (Å²) in [7, 11) is 0. The van der Waals surface area contributed by atoms with Gasteiger partial charge in [0.1, 0.15) is 23.5 Å². The molecule has 2 heterocycles. The minimum atomic E-state index is -0.465. The Morgan fingerprint density at radius 3 is 2.56 bits per heavy atom. The average Bonchev–Trinajstić information content (AvgIpc) is 3.68. The van der Waals surface area contributed by atoms with Gasteiger partial charge < -0.3 is 5.32 Å². The van der Waals surface area contributed by atoms with Gasteiger partial charge in [0.25, 0.3) is 0 Å². The molecule has 2 atom stereocenters. The summed E-state index contributed by atoms with van der Waals surface area (Å²) >= 11 is 6.83. The van der Waals surface area contributed by atoms with Crippen molar-refractivity contribution in [1.82, 2.24) is 9.88 Å². The molecule has 1 amide bonds. The highest BCUT2D eigenvalue weighted by Gasteiger charge is 2.51. The number of hydrogen-bond donors (Lipinski definition) is 1. The first-order valence-electron chi connectivity index (χ1n) is 15.0. The second kappa shape index (κ2) is 11.4. The van der Waals surface area contributed by atoms with Crippen LogP contribution in [0.1, 0.15) is 68.6 Å². The lowest BCUT2D eigenvalue weighted by molar-refractivity contribution is -0.125. The zero-order valence-electron chi connectivity index (χ0n) is 24.0. The van der Waals surface area contributed by atoms with Crippen molar-refractivity contribution in [2.45, 2.75) is 89.1 Å². The summed E-state index contributed by atoms with van der Waals surface area (Å²) in [4.78, 5) is 32.9. The monoisotopic (exact) mass is 575 g/mol. The molecule has 3 aliphatic carbocycles. The van der Waals surface area contributed by atoms with Gasteiger partial charge >= 0.3 is 0 Å². The van der Waals surface area contributed by atoms with Crippen molar-refractivity contribution in [2.24, 2.45) is 11.3 Å². The summed E-state index contributed by atoms with van der Waals surface area (Å²) in [6.45, 7) is 4.77. The Balaban J connectivity index is 1.07. The molecule has 2 fully saturated rings. The van der Waals surface area contributed by atoms with Crippen molar-refractivity contribution in [1.29, 1.82) is 0 Å². The number of allylic oxidation sites excluding steroid dienone is 2. The van der Waals surface area contributed by atoms with E-state index in [-0.39, 0.29) is 17.1 Å². The van der Waals surface area contributed by atoms with E-state index in [0.717, 1.165) is 74.6 Å². The van der Waals surface area contributed by atoms with Gasteiger partial charge in [0.2, 0.25) is 5.91 Å². The van der Waals surface area contributed by atoms with Crippen molar-refractivity contribution >= 4 is 29.1 Å². The molecule has 41 heavy (non-hydrogen) atoms. The van der Waals surface area contributed by atoms with E-state index in [1.165, 1.54) is 23.3 Å². The maximum Gasteiger partial charge on any atom is 0.244 e. The number of carbonyl (C=O) groups excluding carboxylic acids is 2. The molecule has 0 saturated heterocycles. The Labute approximate surface area is 247 Å². The minimum absolute atomic E-state index is 0.121. The Morgan fingerprint density at radius 1 is 1.12 bits per heavy atom. The number of alkyl halides is 1. The van der Waals surface area contributed by atoms with Crippen molar-refractivity contribution in [3.05, 3.63) is 82.3 Å². The lowest BCUT2D eigenvalue weighted by Crippen LogP contribution is -2.61. The number of amides is 1. The maximum atomic E-state index is 13.7. The van der Waals surface area contributed by atoms with Crippen molar-refractivity contribution in [3.63, 3.8) is 0 Å². The van der Waals surface area contributed by atoms with Gasteiger partial charge in [-0.2, -0.15) is 0 Å². The fourth-order valence-corrected chi connectivity index (χ4v) is 7.52. The van der Waals surface area contributed by atoms with Gasteiger partial charge in [0.05, 0.1) is 5.38 Å². The number of carbonyl (C=O) groups is 2. The molecule has 5 nitrogen and oxygen atoms in total. The Hall–Kier alpha value is -2.83. The van der Waals surface area contributed by atoms with E-state index >= 15 is 0 Å². The summed E-state index contributed by atoms with van der Waals surface area (Å²) in [6, 6.07) is 8.47. The zero-order valence-corrected chi connectivity index (χ0v) is 24.7. The molecule has 1 spiro atoms. The van der Waals surface area contributed by atoms with E-state index in [0.29, 0.717) is 30.0 Å². The molecule has 1 aliphatic heterocycles. The lowest BCUT2D eigenvalue weighted by Gasteiger charge is -2.53. The Kier molecular flexibility index (Phi) is 7.90. The molecule has 1 aromatic heterocycles. The van der Waals surface area contributed by atoms with E-state index in [2.05, 4.69) is 34.3 Å². The molecule has 2 aromatic rings. The van der Waals surface area contributed by atoms with E-state index in [9.17, 15) is 14.0 Å². The number of pyridine rings is 1. The van der Waals surface area contributed by atoms with E-state index in [1.54, 1.807) is 18.3 Å². The highest BCUT2D eigenvalue weighted by atomic mass is 35.5. The van der Waals surface area contributed by atoms with Crippen molar-refractivity contribution in [2.75, 3.05) is 11.9 Å². The van der Waals surface area contributed by atoms with Crippen LogP contribution in [0.5, 0.6) is 0 Å². The molecule has 1 aromatic carbocycles. The number of rotatable bonds is 9. The molecule has 0 bridgehead atoms. The van der Waals surface area contributed by atoms with E-state index in [1.807, 2.05) is 13.0 Å². The second-order valence-corrected chi connectivity index (χ2v) is 13.4. The van der Waals surface area contributed by atoms with Crippen LogP contribution in [0.3, 0.4) is 0 Å². The van der Waals surface area contributed by atoms with Gasteiger partial charge in [-0.15, -0.1) is 11.6 Å². The molecule has 216 valence electrons. The first-order chi connectivity index (χ1) is 19.7. The Morgan fingerprint density at radius 2 is 1.85 bits per heavy atom. The van der Waals surface area contributed by atoms with Gasteiger partial charge in [0.15, 0.2) is 0 Å². The number of ketones is 1. The van der Waals surface area contributed by atoms with Crippen LogP contribution < -0.4 is 5.32 Å². The fourth-order valence-electron chi connectivity index (χ4n) is 7.05. The predicted molar refractivity (Wildman–Crippen MR) is 160 cm³/mol. The highest BCUT2D eigenvalue weighted by Crippen LogP contribution is 2.56. The number of anilines is 1. The van der Waals surface area contributed by atoms with Crippen molar-refractivity contribution < 1.29 is 14.0 Å². The van der Waals surface area contributed by atoms with E-state index < -0.39 is 11.4 Å². The first-order valence-corrected chi connectivity index (χ1v) is 15.4. The number of hydrogen-bond acceptors (Lipinski definition) is 4. The summed E-state index contributed by atoms with van der Waals surface area (Å²) in [5.74, 6) is 0.953. The third-order valence-corrected chi connectivity index (χ3v) is 9.83. The van der Waals surface area contributed by atoms with Gasteiger partial charge in [0, 0.05) is 31.1 Å². The molecule has 2 unspecified atom stereocenters. The third-order valence-electron chi connectivity index (χ3n) is 9.46. The van der Waals surface area contributed by atoms with Crippen molar-refractivity contribution in [3.8, 4) is 0 Å². The Bertz CT molecular complexity index is 1390. The zero-order chi connectivity index (χ0) is 28.7. The number of halogens is 2. The molecule has 0 radical (unpaired) electrons. The molecular formula is C34H39ClFN3O2. The molecule has 7 heteroatoms. The summed E-state index contributed by atoms with van der Waals surface area (Å²) < 4.78 is 13.2. The normalized spacial score (nSPS) is 27.8. The molecule has 1 N–H and O–H groups in total. The summed E-state index contributed by atoms with van der Waals surface area (Å²) in [6.07, 6.45) is 14.6. The van der Waals surface area contributed by atoms with Crippen LogP contribution in [0, 0.1) is 24.1 Å². The second-order valence-electron chi connectivity index (χ2n) is 12.9. The van der Waals surface area contributed by atoms with Crippen LogP contribution in [0.2, 0.25) is 0 Å². The smallest absolute Gasteiger partial charge is 0.244 e. The van der Waals surface area contributed by atoms with Gasteiger partial charge in [-0.05, 0) is 99.5 Å². The third kappa shape index (κ3) is 6.34. The number of aryl methyl sites for hydroxylation is 3. The van der Waals surface area contributed by atoms with Gasteiger partial charge in [-0.25, -0.2) is 9.37 Å². The molecular weight excluding hydrogens is 537 g/mol. The lowest BCUT2D eigenvalue weighted by atomic mass is 9.62.